The molecular formula is C17H15N5O3. The average molecular weight is 337 g/mol. The summed E-state index contributed by atoms with van der Waals surface area (Å²) in [6.07, 6.45) is 2.65. The molecule has 0 aliphatic carbocycles. The summed E-state index contributed by atoms with van der Waals surface area (Å²) in [5.74, 6) is -0.378. The average Bonchev–Trinajstić information content (AvgIpc) is 3.14. The fourth-order valence-electron chi connectivity index (χ4n) is 2.42. The molecule has 0 aliphatic heterocycles. The molecule has 3 aromatic rings. The van der Waals surface area contributed by atoms with Gasteiger partial charge in [0.25, 0.3) is 11.6 Å². The number of aryl methyl sites for hydroxylation is 1. The van der Waals surface area contributed by atoms with Crippen molar-refractivity contribution in [2.45, 2.75) is 13.5 Å². The van der Waals surface area contributed by atoms with Crippen LogP contribution in [0.4, 0.5) is 5.69 Å². The van der Waals surface area contributed by atoms with Crippen LogP contribution < -0.4 is 5.32 Å². The normalized spacial score (nSPS) is 10.4. The van der Waals surface area contributed by atoms with Crippen LogP contribution in [0, 0.1) is 17.0 Å². The lowest BCUT2D eigenvalue weighted by Gasteiger charge is -2.09. The molecule has 0 bridgehead atoms. The molecule has 0 atom stereocenters. The minimum Gasteiger partial charge on any atom is -0.348 e. The van der Waals surface area contributed by atoms with Crippen molar-refractivity contribution in [2.75, 3.05) is 0 Å². The highest BCUT2D eigenvalue weighted by atomic mass is 16.6. The van der Waals surface area contributed by atoms with Gasteiger partial charge in [-0.1, -0.05) is 24.3 Å². The summed E-state index contributed by atoms with van der Waals surface area (Å²) in [4.78, 5) is 26.9. The third-order valence-corrected chi connectivity index (χ3v) is 3.80. The van der Waals surface area contributed by atoms with Crippen LogP contribution in [0.2, 0.25) is 0 Å². The van der Waals surface area contributed by atoms with Crippen LogP contribution in [-0.2, 0) is 6.54 Å². The first-order valence-electron chi connectivity index (χ1n) is 7.52. The second-order valence-electron chi connectivity index (χ2n) is 5.41. The summed E-state index contributed by atoms with van der Waals surface area (Å²) in [5, 5.41) is 18.0. The zero-order valence-corrected chi connectivity index (χ0v) is 13.4. The van der Waals surface area contributed by atoms with Crippen molar-refractivity contribution >= 4 is 11.6 Å². The summed E-state index contributed by atoms with van der Waals surface area (Å²) in [7, 11) is 0. The van der Waals surface area contributed by atoms with Gasteiger partial charge in [-0.25, -0.2) is 9.67 Å². The van der Waals surface area contributed by atoms with Crippen molar-refractivity contribution in [1.82, 2.24) is 20.1 Å². The van der Waals surface area contributed by atoms with Crippen molar-refractivity contribution in [2.24, 2.45) is 0 Å². The predicted molar refractivity (Wildman–Crippen MR) is 90.4 cm³/mol. The van der Waals surface area contributed by atoms with Crippen molar-refractivity contribution in [3.63, 3.8) is 0 Å². The lowest BCUT2D eigenvalue weighted by Crippen LogP contribution is -2.23. The molecule has 0 spiro atoms. The van der Waals surface area contributed by atoms with Crippen LogP contribution in [0.3, 0.4) is 0 Å². The Morgan fingerprint density at radius 3 is 2.76 bits per heavy atom. The monoisotopic (exact) mass is 337 g/mol. The summed E-state index contributed by atoms with van der Waals surface area (Å²) in [6, 6.07) is 11.9. The quantitative estimate of drug-likeness (QED) is 0.569. The summed E-state index contributed by atoms with van der Waals surface area (Å²) in [5.41, 5.74) is 2.30. The van der Waals surface area contributed by atoms with Gasteiger partial charge in [0, 0.05) is 18.2 Å². The Morgan fingerprint density at radius 1 is 1.28 bits per heavy atom. The van der Waals surface area contributed by atoms with Gasteiger partial charge in [0.2, 0.25) is 0 Å². The van der Waals surface area contributed by atoms with E-state index in [2.05, 4.69) is 15.4 Å². The number of hydrogen-bond acceptors (Lipinski definition) is 5. The largest absolute Gasteiger partial charge is 0.348 e. The molecule has 0 fully saturated rings. The van der Waals surface area contributed by atoms with Crippen molar-refractivity contribution in [3.05, 3.63) is 81.9 Å². The lowest BCUT2D eigenvalue weighted by molar-refractivity contribution is -0.384. The Morgan fingerprint density at radius 2 is 2.08 bits per heavy atom. The molecule has 0 aliphatic rings. The third kappa shape index (κ3) is 3.52. The fourth-order valence-corrected chi connectivity index (χ4v) is 2.42. The van der Waals surface area contributed by atoms with E-state index in [0.29, 0.717) is 6.54 Å². The fraction of sp³-hybridized carbons (Fsp3) is 0.118. The molecule has 0 radical (unpaired) electrons. The summed E-state index contributed by atoms with van der Waals surface area (Å²) in [6.45, 7) is 2.31. The van der Waals surface area contributed by atoms with Gasteiger partial charge in [-0.3, -0.25) is 14.9 Å². The van der Waals surface area contributed by atoms with E-state index in [1.54, 1.807) is 0 Å². The number of amides is 1. The van der Waals surface area contributed by atoms with Gasteiger partial charge in [0.05, 0.1) is 4.92 Å². The van der Waals surface area contributed by atoms with E-state index in [1.807, 2.05) is 31.2 Å². The maximum Gasteiger partial charge on any atom is 0.295 e. The Kier molecular flexibility index (Phi) is 4.51. The van der Waals surface area contributed by atoms with E-state index in [1.165, 1.54) is 35.5 Å². The van der Waals surface area contributed by atoms with E-state index in [4.69, 9.17) is 0 Å². The summed E-state index contributed by atoms with van der Waals surface area (Å²) >= 11 is 0. The Hall–Kier alpha value is -3.55. The van der Waals surface area contributed by atoms with Gasteiger partial charge in [0.1, 0.15) is 18.3 Å². The Balaban J connectivity index is 1.82. The van der Waals surface area contributed by atoms with Gasteiger partial charge in [-0.15, -0.1) is 0 Å². The van der Waals surface area contributed by atoms with Gasteiger partial charge in [-0.2, -0.15) is 5.10 Å². The minimum atomic E-state index is -0.546. The van der Waals surface area contributed by atoms with Crippen LogP contribution >= 0.6 is 0 Å². The smallest absolute Gasteiger partial charge is 0.295 e. The third-order valence-electron chi connectivity index (χ3n) is 3.80. The topological polar surface area (TPSA) is 103 Å². The maximum atomic E-state index is 12.3. The maximum absolute atomic E-state index is 12.3. The SMILES string of the molecule is Cc1ccccc1CNC(=O)c1ccc(-n2cncn2)c([N+](=O)[O-])c1. The van der Waals surface area contributed by atoms with E-state index < -0.39 is 4.92 Å². The van der Waals surface area contributed by atoms with Crippen LogP contribution in [0.5, 0.6) is 0 Å². The second-order valence-corrected chi connectivity index (χ2v) is 5.41. The number of benzene rings is 2. The molecule has 2 aromatic carbocycles. The van der Waals surface area contributed by atoms with Crippen LogP contribution in [0.25, 0.3) is 5.69 Å². The van der Waals surface area contributed by atoms with Gasteiger partial charge in [-0.05, 0) is 30.2 Å². The van der Waals surface area contributed by atoms with Crippen molar-refractivity contribution in [3.8, 4) is 5.69 Å². The zero-order valence-electron chi connectivity index (χ0n) is 13.4. The first-order valence-corrected chi connectivity index (χ1v) is 7.52. The van der Waals surface area contributed by atoms with Crippen LogP contribution in [0.1, 0.15) is 21.5 Å². The number of carbonyl (C=O) groups excluding carboxylic acids is 1. The molecule has 0 unspecified atom stereocenters. The van der Waals surface area contributed by atoms with Crippen LogP contribution in [0.15, 0.2) is 55.1 Å². The first kappa shape index (κ1) is 16.3. The number of nitro benzene ring substituents is 1. The highest BCUT2D eigenvalue weighted by Crippen LogP contribution is 2.23. The standard InChI is InChI=1S/C17H15N5O3/c1-12-4-2-3-5-14(12)9-19-17(23)13-6-7-15(16(8-13)22(24)25)21-11-18-10-20-21/h2-8,10-11H,9H2,1H3,(H,19,23). The summed E-state index contributed by atoms with van der Waals surface area (Å²) < 4.78 is 1.28. The van der Waals surface area contributed by atoms with Crippen molar-refractivity contribution in [1.29, 1.82) is 0 Å². The number of nitrogens with one attached hydrogen (secondary N) is 1. The molecule has 1 amide bonds. The molecule has 126 valence electrons. The molecule has 8 heteroatoms. The zero-order chi connectivity index (χ0) is 17.8. The number of rotatable bonds is 5. The molecule has 1 aromatic heterocycles. The highest BCUT2D eigenvalue weighted by molar-refractivity contribution is 5.95. The number of aromatic nitrogens is 3. The molecule has 0 saturated carbocycles. The van der Waals surface area contributed by atoms with Gasteiger partial charge in [0.15, 0.2) is 0 Å². The Bertz CT molecular complexity index is 922. The molecule has 25 heavy (non-hydrogen) atoms. The molecule has 1 N–H and O–H groups in total. The van der Waals surface area contributed by atoms with E-state index in [0.717, 1.165) is 11.1 Å². The van der Waals surface area contributed by atoms with Gasteiger partial charge >= 0.3 is 0 Å². The lowest BCUT2D eigenvalue weighted by atomic mass is 10.1. The second kappa shape index (κ2) is 6.91. The van der Waals surface area contributed by atoms with E-state index >= 15 is 0 Å². The first-order chi connectivity index (χ1) is 12.1. The molecule has 1 heterocycles. The van der Waals surface area contributed by atoms with Crippen LogP contribution in [-0.4, -0.2) is 25.6 Å². The number of nitrogens with zero attached hydrogens (tertiary/aromatic N) is 4. The Labute approximate surface area is 143 Å². The number of nitro groups is 1. The van der Waals surface area contributed by atoms with Gasteiger partial charge < -0.3 is 5.32 Å². The van der Waals surface area contributed by atoms with Crippen molar-refractivity contribution < 1.29 is 9.72 Å². The van der Waals surface area contributed by atoms with E-state index in [-0.39, 0.29) is 22.8 Å². The molecule has 3 rings (SSSR count). The molecule has 0 saturated heterocycles. The highest BCUT2D eigenvalue weighted by Gasteiger charge is 2.19. The minimum absolute atomic E-state index is 0.212. The predicted octanol–water partition coefficient (Wildman–Crippen LogP) is 2.41. The molecule has 8 nitrogen and oxygen atoms in total. The number of carbonyl (C=O) groups is 1. The number of hydrogen-bond donors (Lipinski definition) is 1. The molecular weight excluding hydrogens is 322 g/mol. The van der Waals surface area contributed by atoms with E-state index in [9.17, 15) is 14.9 Å².